The quantitative estimate of drug-likeness (QED) is 0.354. The van der Waals surface area contributed by atoms with Crippen LogP contribution >= 0.6 is 11.3 Å². The van der Waals surface area contributed by atoms with Crippen LogP contribution < -0.4 is 14.2 Å². The summed E-state index contributed by atoms with van der Waals surface area (Å²) in [6.45, 7) is 0.806. The lowest BCUT2D eigenvalue weighted by atomic mass is 10.1. The molecule has 10 heteroatoms. The number of hydrogen-bond donors (Lipinski definition) is 1. The van der Waals surface area contributed by atoms with E-state index in [9.17, 15) is 12.8 Å². The molecule has 0 aliphatic heterocycles. The maximum atomic E-state index is 13.3. The number of hydrogen-bond acceptors (Lipinski definition) is 7. The van der Waals surface area contributed by atoms with Gasteiger partial charge in [0.15, 0.2) is 0 Å². The molecular formula is C22H20FN3O4S2. The van der Waals surface area contributed by atoms with Crippen LogP contribution in [0.2, 0.25) is 0 Å². The first-order chi connectivity index (χ1) is 15.4. The molecule has 0 unspecified atom stereocenters. The lowest BCUT2D eigenvalue weighted by Gasteiger charge is -2.10. The van der Waals surface area contributed by atoms with E-state index in [2.05, 4.69) is 14.7 Å². The number of ether oxygens (including phenoxy) is 2. The van der Waals surface area contributed by atoms with Crippen molar-refractivity contribution in [2.45, 2.75) is 6.42 Å². The summed E-state index contributed by atoms with van der Waals surface area (Å²) in [5, 5.41) is 2.77. The number of benzene rings is 2. The van der Waals surface area contributed by atoms with Gasteiger partial charge in [-0.05, 0) is 42.0 Å². The summed E-state index contributed by atoms with van der Waals surface area (Å²) in [7, 11) is -3.31. The van der Waals surface area contributed by atoms with Crippen LogP contribution in [-0.4, -0.2) is 37.9 Å². The van der Waals surface area contributed by atoms with E-state index in [1.54, 1.807) is 36.4 Å². The van der Waals surface area contributed by atoms with Crippen LogP contribution in [0.5, 0.6) is 11.6 Å². The number of nitrogens with zero attached hydrogens (tertiary/aromatic N) is 2. The maximum absolute atomic E-state index is 13.3. The summed E-state index contributed by atoms with van der Waals surface area (Å²) in [4.78, 5) is 9.38. The Labute approximate surface area is 188 Å². The van der Waals surface area contributed by atoms with Crippen molar-refractivity contribution in [1.82, 2.24) is 9.97 Å². The van der Waals surface area contributed by atoms with E-state index in [1.807, 2.05) is 5.38 Å². The van der Waals surface area contributed by atoms with Gasteiger partial charge in [-0.15, -0.1) is 11.3 Å². The SMILES string of the molecule is CS(=O)(=O)Nc1ccc(OCCCOc2ncnc3scc(-c4ccc(F)cc4)c23)cc1. The van der Waals surface area contributed by atoms with Crippen LogP contribution in [0.15, 0.2) is 60.2 Å². The van der Waals surface area contributed by atoms with Crippen molar-refractivity contribution in [3.8, 4) is 22.8 Å². The number of anilines is 1. The lowest BCUT2D eigenvalue weighted by Crippen LogP contribution is -2.09. The number of sulfonamides is 1. The normalized spacial score (nSPS) is 11.4. The van der Waals surface area contributed by atoms with Crippen LogP contribution in [0.1, 0.15) is 6.42 Å². The maximum Gasteiger partial charge on any atom is 0.229 e. The first-order valence-electron chi connectivity index (χ1n) is 9.71. The van der Waals surface area contributed by atoms with Crippen molar-refractivity contribution < 1.29 is 22.3 Å². The summed E-state index contributed by atoms with van der Waals surface area (Å²) in [5.74, 6) is 0.819. The van der Waals surface area contributed by atoms with Gasteiger partial charge in [0.25, 0.3) is 0 Å². The smallest absolute Gasteiger partial charge is 0.229 e. The molecule has 32 heavy (non-hydrogen) atoms. The van der Waals surface area contributed by atoms with E-state index in [0.717, 1.165) is 27.6 Å². The standard InChI is InChI=1S/C22H20FN3O4S2/c1-32(27,28)26-17-7-9-18(10-8-17)29-11-2-12-30-21-20-19(13-31-22(20)25-14-24-21)15-3-5-16(23)6-4-15/h3-10,13-14,26H,2,11-12H2,1H3. The van der Waals surface area contributed by atoms with Crippen molar-refractivity contribution in [3.63, 3.8) is 0 Å². The van der Waals surface area contributed by atoms with E-state index >= 15 is 0 Å². The van der Waals surface area contributed by atoms with E-state index < -0.39 is 10.0 Å². The molecule has 4 aromatic rings. The molecule has 2 aromatic carbocycles. The monoisotopic (exact) mass is 473 g/mol. The predicted molar refractivity (Wildman–Crippen MR) is 123 cm³/mol. The minimum Gasteiger partial charge on any atom is -0.493 e. The second kappa shape index (κ2) is 9.49. The molecule has 0 aliphatic carbocycles. The van der Waals surface area contributed by atoms with Crippen LogP contribution in [0.4, 0.5) is 10.1 Å². The Morgan fingerprint density at radius 1 is 1.00 bits per heavy atom. The highest BCUT2D eigenvalue weighted by Gasteiger charge is 2.14. The van der Waals surface area contributed by atoms with Gasteiger partial charge < -0.3 is 9.47 Å². The van der Waals surface area contributed by atoms with Gasteiger partial charge in [0, 0.05) is 23.1 Å². The predicted octanol–water partition coefficient (Wildman–Crippen LogP) is 4.72. The van der Waals surface area contributed by atoms with E-state index in [4.69, 9.17) is 9.47 Å². The van der Waals surface area contributed by atoms with Crippen molar-refractivity contribution in [1.29, 1.82) is 0 Å². The lowest BCUT2D eigenvalue weighted by molar-refractivity contribution is 0.244. The molecule has 2 aromatic heterocycles. The zero-order chi connectivity index (χ0) is 22.6. The second-order valence-electron chi connectivity index (χ2n) is 6.96. The van der Waals surface area contributed by atoms with Crippen molar-refractivity contribution in [2.24, 2.45) is 0 Å². The Bertz CT molecular complexity index is 1310. The number of rotatable bonds is 9. The van der Waals surface area contributed by atoms with Gasteiger partial charge in [-0.25, -0.2) is 22.8 Å². The Morgan fingerprint density at radius 2 is 1.72 bits per heavy atom. The third-order valence-electron chi connectivity index (χ3n) is 4.44. The molecule has 1 N–H and O–H groups in total. The number of halogens is 1. The van der Waals surface area contributed by atoms with Gasteiger partial charge in [-0.1, -0.05) is 12.1 Å². The van der Waals surface area contributed by atoms with Gasteiger partial charge in [-0.3, -0.25) is 4.72 Å². The zero-order valence-electron chi connectivity index (χ0n) is 17.1. The van der Waals surface area contributed by atoms with Gasteiger partial charge in [-0.2, -0.15) is 0 Å². The first-order valence-corrected chi connectivity index (χ1v) is 12.5. The highest BCUT2D eigenvalue weighted by Crippen LogP contribution is 2.37. The highest BCUT2D eigenvalue weighted by atomic mass is 32.2. The molecule has 0 atom stereocenters. The molecule has 0 amide bonds. The Hall–Kier alpha value is -3.24. The minimum absolute atomic E-state index is 0.290. The Balaban J connectivity index is 1.35. The molecule has 2 heterocycles. The van der Waals surface area contributed by atoms with Crippen molar-refractivity contribution in [2.75, 3.05) is 24.2 Å². The van der Waals surface area contributed by atoms with Gasteiger partial charge >= 0.3 is 0 Å². The van der Waals surface area contributed by atoms with Crippen LogP contribution in [-0.2, 0) is 10.0 Å². The molecule has 0 radical (unpaired) electrons. The number of thiophene rings is 1. The van der Waals surface area contributed by atoms with Crippen LogP contribution in [0, 0.1) is 5.82 Å². The number of nitrogens with one attached hydrogen (secondary N) is 1. The number of aromatic nitrogens is 2. The fraction of sp³-hybridized carbons (Fsp3) is 0.182. The Kier molecular flexibility index (Phi) is 6.52. The molecule has 0 bridgehead atoms. The summed E-state index contributed by atoms with van der Waals surface area (Å²) in [6, 6.07) is 13.0. The second-order valence-corrected chi connectivity index (χ2v) is 9.57. The molecule has 0 spiro atoms. The number of fused-ring (bicyclic) bond motifs is 1. The minimum atomic E-state index is -3.31. The van der Waals surface area contributed by atoms with E-state index in [0.29, 0.717) is 37.0 Å². The van der Waals surface area contributed by atoms with Crippen LogP contribution in [0.25, 0.3) is 21.3 Å². The van der Waals surface area contributed by atoms with Crippen molar-refractivity contribution >= 4 is 37.3 Å². The topological polar surface area (TPSA) is 90.4 Å². The fourth-order valence-corrected chi connectivity index (χ4v) is 4.52. The third kappa shape index (κ3) is 5.51. The van der Waals surface area contributed by atoms with Crippen LogP contribution in [0.3, 0.4) is 0 Å². The molecule has 0 saturated carbocycles. The van der Waals surface area contributed by atoms with Gasteiger partial charge in [0.1, 0.15) is 22.7 Å². The summed E-state index contributed by atoms with van der Waals surface area (Å²) in [6.07, 6.45) is 3.18. The Morgan fingerprint density at radius 3 is 2.44 bits per heavy atom. The largest absolute Gasteiger partial charge is 0.493 e. The first kappa shape index (κ1) is 22.0. The third-order valence-corrected chi connectivity index (χ3v) is 5.94. The fourth-order valence-electron chi connectivity index (χ4n) is 3.05. The summed E-state index contributed by atoms with van der Waals surface area (Å²) in [5.41, 5.74) is 2.25. The van der Waals surface area contributed by atoms with Gasteiger partial charge in [0.2, 0.25) is 15.9 Å². The average molecular weight is 474 g/mol. The molecule has 166 valence electrons. The zero-order valence-corrected chi connectivity index (χ0v) is 18.7. The molecule has 0 saturated heterocycles. The van der Waals surface area contributed by atoms with Gasteiger partial charge in [0.05, 0.1) is 24.9 Å². The molecule has 4 rings (SSSR count). The molecule has 7 nitrogen and oxygen atoms in total. The average Bonchev–Trinajstić information content (AvgIpc) is 3.19. The molecular weight excluding hydrogens is 453 g/mol. The molecule has 0 fully saturated rings. The van der Waals surface area contributed by atoms with E-state index in [1.165, 1.54) is 29.8 Å². The highest BCUT2D eigenvalue weighted by molar-refractivity contribution is 7.92. The summed E-state index contributed by atoms with van der Waals surface area (Å²) >= 11 is 1.48. The van der Waals surface area contributed by atoms with E-state index in [-0.39, 0.29) is 5.82 Å². The molecule has 0 aliphatic rings. The van der Waals surface area contributed by atoms with Crippen molar-refractivity contribution in [3.05, 3.63) is 66.1 Å². The summed E-state index contributed by atoms with van der Waals surface area (Å²) < 4.78 is 49.8.